The zero-order valence-electron chi connectivity index (χ0n) is 21.0. The maximum atomic E-state index is 11.6. The second-order valence-electron chi connectivity index (χ2n) is 10.2. The van der Waals surface area contributed by atoms with Gasteiger partial charge in [-0.3, -0.25) is 4.98 Å². The number of amides is 1. The van der Waals surface area contributed by atoms with Crippen molar-refractivity contribution in [1.82, 2.24) is 14.8 Å². The molecule has 2 aromatic rings. The molecule has 0 unspecified atom stereocenters. The summed E-state index contributed by atoms with van der Waals surface area (Å²) in [6, 6.07) is 8.29. The number of benzene rings is 1. The van der Waals surface area contributed by atoms with Gasteiger partial charge in [-0.25, -0.2) is 4.79 Å². The Morgan fingerprint density at radius 2 is 1.82 bits per heavy atom. The van der Waals surface area contributed by atoms with E-state index in [2.05, 4.69) is 71.0 Å². The molecule has 1 saturated heterocycles. The number of likely N-dealkylation sites (N-methyl/N-ethyl adjacent to an activating group) is 1. The molecule has 2 aliphatic rings. The third-order valence-electron chi connectivity index (χ3n) is 5.80. The number of fused-ring (bicyclic) bond motifs is 2. The molecule has 34 heavy (non-hydrogen) atoms. The number of nitrogens with zero attached hydrogens (tertiary/aromatic N) is 3. The zero-order chi connectivity index (χ0) is 25.0. The highest BCUT2D eigenvalue weighted by atomic mass is 79.9. The molecule has 0 bridgehead atoms. The van der Waals surface area contributed by atoms with E-state index in [1.165, 1.54) is 22.3 Å². The lowest BCUT2D eigenvalue weighted by molar-refractivity contribution is 0.0164. The first kappa shape index (κ1) is 26.7. The van der Waals surface area contributed by atoms with Crippen LogP contribution in [0.5, 0.6) is 0 Å². The standard InChI is InChI=1S/C17H15BrClN.C10H20N2O2/c1-10(2)15-6-12-5-13(18)9-20-17(12)7-11-3-4-14(19)8-16(11)15;1-10(2,3)14-9(13)12-7-5-11(4)6-8-12/h3-6,8-10H,7H2,1-2H3;5-8H2,1-4H3. The molecule has 0 N–H and O–H groups in total. The lowest BCUT2D eigenvalue weighted by atomic mass is 9.91. The summed E-state index contributed by atoms with van der Waals surface area (Å²) in [6.07, 6.45) is 4.77. The molecule has 1 aromatic carbocycles. The summed E-state index contributed by atoms with van der Waals surface area (Å²) in [5, 5.41) is 0.787. The molecule has 1 aliphatic carbocycles. The molecule has 7 heteroatoms. The van der Waals surface area contributed by atoms with Gasteiger partial charge in [-0.15, -0.1) is 0 Å². The topological polar surface area (TPSA) is 45.7 Å². The number of hydrogen-bond acceptors (Lipinski definition) is 4. The summed E-state index contributed by atoms with van der Waals surface area (Å²) >= 11 is 9.69. The molecular formula is C27H35BrClN3O2. The quantitative estimate of drug-likeness (QED) is 0.395. The smallest absolute Gasteiger partial charge is 0.410 e. The fraction of sp³-hybridized carbons (Fsp3) is 0.481. The number of rotatable bonds is 1. The van der Waals surface area contributed by atoms with Crippen LogP contribution >= 0.6 is 27.5 Å². The maximum absolute atomic E-state index is 11.6. The Morgan fingerprint density at radius 3 is 2.44 bits per heavy atom. The van der Waals surface area contributed by atoms with Gasteiger partial charge in [-0.2, -0.15) is 0 Å². The molecule has 1 fully saturated rings. The van der Waals surface area contributed by atoms with Crippen molar-refractivity contribution in [3.8, 4) is 0 Å². The van der Waals surface area contributed by atoms with E-state index in [9.17, 15) is 4.79 Å². The van der Waals surface area contributed by atoms with Crippen molar-refractivity contribution in [3.63, 3.8) is 0 Å². The number of halogens is 2. The highest BCUT2D eigenvalue weighted by Gasteiger charge is 2.24. The second kappa shape index (κ2) is 11.2. The Kier molecular flexibility index (Phi) is 8.82. The Hall–Kier alpha value is -1.89. The molecular weight excluding hydrogens is 514 g/mol. The molecule has 1 aliphatic heterocycles. The molecule has 0 atom stereocenters. The molecule has 184 valence electrons. The van der Waals surface area contributed by atoms with E-state index in [4.69, 9.17) is 16.3 Å². The molecule has 0 spiro atoms. The average Bonchev–Trinajstić information content (AvgIpc) is 2.90. The number of pyridine rings is 1. The Morgan fingerprint density at radius 1 is 1.15 bits per heavy atom. The number of hydrogen-bond donors (Lipinski definition) is 0. The van der Waals surface area contributed by atoms with E-state index < -0.39 is 0 Å². The fourth-order valence-electron chi connectivity index (χ4n) is 3.95. The normalized spacial score (nSPS) is 16.0. The zero-order valence-corrected chi connectivity index (χ0v) is 23.3. The molecule has 0 radical (unpaired) electrons. The van der Waals surface area contributed by atoms with Crippen molar-refractivity contribution < 1.29 is 9.53 Å². The minimum absolute atomic E-state index is 0.189. The number of ether oxygens (including phenoxy) is 1. The highest BCUT2D eigenvalue weighted by Crippen LogP contribution is 2.35. The van der Waals surface area contributed by atoms with Crippen LogP contribution in [0, 0.1) is 5.92 Å². The van der Waals surface area contributed by atoms with Crippen molar-refractivity contribution >= 4 is 45.3 Å². The number of carbonyl (C=O) groups excluding carboxylic acids is 1. The minimum Gasteiger partial charge on any atom is -0.444 e. The van der Waals surface area contributed by atoms with Crippen LogP contribution in [0.1, 0.15) is 57.0 Å². The van der Waals surface area contributed by atoms with E-state index in [0.717, 1.165) is 47.8 Å². The van der Waals surface area contributed by atoms with Gasteiger partial charge in [0.25, 0.3) is 0 Å². The molecule has 1 aromatic heterocycles. The summed E-state index contributed by atoms with van der Waals surface area (Å²) in [7, 11) is 2.06. The lowest BCUT2D eigenvalue weighted by Gasteiger charge is -2.33. The van der Waals surface area contributed by atoms with Gasteiger partial charge >= 0.3 is 6.09 Å². The van der Waals surface area contributed by atoms with Crippen molar-refractivity contribution in [1.29, 1.82) is 0 Å². The number of aromatic nitrogens is 1. The molecule has 1 amide bonds. The number of piperazine rings is 1. The van der Waals surface area contributed by atoms with E-state index in [1.54, 1.807) is 4.90 Å². The number of allylic oxidation sites excluding steroid dienone is 1. The summed E-state index contributed by atoms with van der Waals surface area (Å²) in [5.41, 5.74) is 5.79. The average molecular weight is 549 g/mol. The van der Waals surface area contributed by atoms with Crippen LogP contribution in [0.3, 0.4) is 0 Å². The van der Waals surface area contributed by atoms with Crippen LogP contribution in [0.2, 0.25) is 5.02 Å². The lowest BCUT2D eigenvalue weighted by Crippen LogP contribution is -2.48. The second-order valence-corrected chi connectivity index (χ2v) is 11.5. The third-order valence-corrected chi connectivity index (χ3v) is 6.47. The largest absolute Gasteiger partial charge is 0.444 e. The van der Waals surface area contributed by atoms with E-state index in [-0.39, 0.29) is 11.7 Å². The van der Waals surface area contributed by atoms with Crippen LogP contribution in [0.15, 0.2) is 34.9 Å². The first-order chi connectivity index (χ1) is 15.9. The van der Waals surface area contributed by atoms with Gasteiger partial charge < -0.3 is 14.5 Å². The van der Waals surface area contributed by atoms with Gasteiger partial charge in [-0.05, 0) is 96.2 Å². The summed E-state index contributed by atoms with van der Waals surface area (Å²) in [6.45, 7) is 13.5. The maximum Gasteiger partial charge on any atom is 0.410 e. The fourth-order valence-corrected chi connectivity index (χ4v) is 4.47. The Bertz CT molecular complexity index is 1050. The van der Waals surface area contributed by atoms with Crippen LogP contribution in [0.4, 0.5) is 4.79 Å². The monoisotopic (exact) mass is 547 g/mol. The third kappa shape index (κ3) is 7.30. The van der Waals surface area contributed by atoms with Gasteiger partial charge in [0.1, 0.15) is 5.60 Å². The van der Waals surface area contributed by atoms with Gasteiger partial charge in [0.2, 0.25) is 0 Å². The van der Waals surface area contributed by atoms with Gasteiger partial charge in [0, 0.05) is 48.3 Å². The highest BCUT2D eigenvalue weighted by molar-refractivity contribution is 9.10. The summed E-state index contributed by atoms with van der Waals surface area (Å²) < 4.78 is 6.29. The van der Waals surface area contributed by atoms with Gasteiger partial charge in [-0.1, -0.05) is 31.5 Å². The van der Waals surface area contributed by atoms with Crippen LogP contribution in [-0.2, 0) is 11.2 Å². The first-order valence-corrected chi connectivity index (χ1v) is 12.9. The summed E-state index contributed by atoms with van der Waals surface area (Å²) in [4.78, 5) is 20.2. The van der Waals surface area contributed by atoms with E-state index in [1.807, 2.05) is 33.0 Å². The molecule has 0 saturated carbocycles. The molecule has 4 rings (SSSR count). The Balaban J connectivity index is 0.000000204. The van der Waals surface area contributed by atoms with Crippen molar-refractivity contribution in [2.45, 2.75) is 46.6 Å². The van der Waals surface area contributed by atoms with Gasteiger partial charge in [0.05, 0.1) is 5.69 Å². The SMILES string of the molecule is CC(C)C1=Cc2cc(Br)cnc2Cc2ccc(Cl)cc21.CN1CCN(C(=O)OC(C)(C)C)CC1. The van der Waals surface area contributed by atoms with E-state index in [0.29, 0.717) is 5.92 Å². The van der Waals surface area contributed by atoms with Crippen molar-refractivity contribution in [2.75, 3.05) is 33.2 Å². The van der Waals surface area contributed by atoms with E-state index >= 15 is 0 Å². The predicted octanol–water partition coefficient (Wildman–Crippen LogP) is 6.77. The van der Waals surface area contributed by atoms with Crippen LogP contribution in [0.25, 0.3) is 11.6 Å². The first-order valence-electron chi connectivity index (χ1n) is 11.7. The van der Waals surface area contributed by atoms with Crippen LogP contribution in [-0.4, -0.2) is 59.7 Å². The van der Waals surface area contributed by atoms with Crippen molar-refractivity contribution in [2.24, 2.45) is 5.92 Å². The number of carbonyl (C=O) groups is 1. The van der Waals surface area contributed by atoms with Crippen LogP contribution < -0.4 is 0 Å². The van der Waals surface area contributed by atoms with Gasteiger partial charge in [0.15, 0.2) is 0 Å². The van der Waals surface area contributed by atoms with Crippen molar-refractivity contribution in [3.05, 3.63) is 62.3 Å². The predicted molar refractivity (Wildman–Crippen MR) is 144 cm³/mol. The molecule has 5 nitrogen and oxygen atoms in total. The minimum atomic E-state index is -0.388. The summed E-state index contributed by atoms with van der Waals surface area (Å²) in [5.74, 6) is 0.442. The molecule has 2 heterocycles. The Labute approximate surface area is 217 Å².